The molecule has 12 heavy (non-hydrogen) atoms. The summed E-state index contributed by atoms with van der Waals surface area (Å²) < 4.78 is 11.2. The summed E-state index contributed by atoms with van der Waals surface area (Å²) >= 11 is 0. The maximum Gasteiger partial charge on any atom is 0.0903 e. The van der Waals surface area contributed by atoms with Crippen LogP contribution in [0.25, 0.3) is 0 Å². The smallest absolute Gasteiger partial charge is 0.0903 e. The molecule has 70 valence electrons. The fraction of sp³-hybridized carbons (Fsp3) is 1.00. The molecule has 2 fully saturated rings. The zero-order valence-electron chi connectivity index (χ0n) is 7.11. The van der Waals surface area contributed by atoms with E-state index in [4.69, 9.17) is 20.9 Å². The van der Waals surface area contributed by atoms with Gasteiger partial charge in [-0.1, -0.05) is 0 Å². The van der Waals surface area contributed by atoms with Crippen molar-refractivity contribution in [2.45, 2.75) is 12.2 Å². The van der Waals surface area contributed by atoms with Gasteiger partial charge >= 0.3 is 0 Å². The maximum absolute atomic E-state index is 5.60. The average Bonchev–Trinajstić information content (AvgIpc) is 2.62. The molecule has 0 saturated carbocycles. The zero-order chi connectivity index (χ0) is 8.55. The predicted molar refractivity (Wildman–Crippen MR) is 44.6 cm³/mol. The molecule has 0 bridgehead atoms. The molecule has 4 nitrogen and oxygen atoms in total. The van der Waals surface area contributed by atoms with Gasteiger partial charge in [-0.05, 0) is 13.1 Å². The highest BCUT2D eigenvalue weighted by Crippen LogP contribution is 2.33. The van der Waals surface area contributed by atoms with Crippen LogP contribution < -0.4 is 11.5 Å². The summed E-state index contributed by atoms with van der Waals surface area (Å²) in [5.41, 5.74) is 11.2. The van der Waals surface area contributed by atoms with Crippen molar-refractivity contribution in [1.82, 2.24) is 0 Å². The molecule has 0 spiro atoms. The van der Waals surface area contributed by atoms with E-state index >= 15 is 0 Å². The third-order valence-electron chi connectivity index (χ3n) is 2.86. The van der Waals surface area contributed by atoms with E-state index < -0.39 is 0 Å². The highest BCUT2D eigenvalue weighted by atomic mass is 16.6. The molecule has 2 rings (SSSR count). The van der Waals surface area contributed by atoms with Gasteiger partial charge in [0.15, 0.2) is 0 Å². The number of nitrogens with two attached hydrogens (primary N) is 2. The van der Waals surface area contributed by atoms with Crippen LogP contribution in [0.15, 0.2) is 0 Å². The molecule has 4 unspecified atom stereocenters. The van der Waals surface area contributed by atoms with E-state index in [1.165, 1.54) is 0 Å². The Morgan fingerprint density at radius 2 is 1.33 bits per heavy atom. The molecule has 4 heteroatoms. The lowest BCUT2D eigenvalue weighted by atomic mass is 9.97. The molecule has 0 amide bonds. The molecule has 2 aliphatic rings. The highest BCUT2D eigenvalue weighted by Gasteiger charge is 2.46. The molecule has 0 aromatic heterocycles. The molecule has 2 saturated heterocycles. The summed E-state index contributed by atoms with van der Waals surface area (Å²) in [4.78, 5) is 0. The summed E-state index contributed by atoms with van der Waals surface area (Å²) in [5.74, 6) is 0.762. The van der Waals surface area contributed by atoms with E-state index in [1.54, 1.807) is 0 Å². The standard InChI is InChI=1S/C8H16N2O2/c9-1-5-3-11-8-6(2-10)4-12-7(5)8/h5-8H,1-4,9-10H2. The first-order valence-electron chi connectivity index (χ1n) is 4.50. The Labute approximate surface area is 72.2 Å². The van der Waals surface area contributed by atoms with Gasteiger partial charge < -0.3 is 20.9 Å². The van der Waals surface area contributed by atoms with Crippen LogP contribution >= 0.6 is 0 Å². The lowest BCUT2D eigenvalue weighted by Gasteiger charge is -2.14. The molecule has 0 aromatic rings. The van der Waals surface area contributed by atoms with Crippen molar-refractivity contribution in [3.05, 3.63) is 0 Å². The van der Waals surface area contributed by atoms with E-state index in [0.29, 0.717) is 24.9 Å². The topological polar surface area (TPSA) is 70.5 Å². The monoisotopic (exact) mass is 172 g/mol. The molecular weight excluding hydrogens is 156 g/mol. The van der Waals surface area contributed by atoms with Gasteiger partial charge in [0, 0.05) is 11.8 Å². The first kappa shape index (κ1) is 8.44. The second-order valence-corrected chi connectivity index (χ2v) is 3.59. The summed E-state index contributed by atoms with van der Waals surface area (Å²) in [5, 5.41) is 0. The number of rotatable bonds is 2. The summed E-state index contributed by atoms with van der Waals surface area (Å²) in [6, 6.07) is 0. The Bertz CT molecular complexity index is 147. The quantitative estimate of drug-likeness (QED) is 0.556. The lowest BCUT2D eigenvalue weighted by molar-refractivity contribution is 0.0615. The van der Waals surface area contributed by atoms with Crippen molar-refractivity contribution in [3.8, 4) is 0 Å². The molecule has 2 heterocycles. The highest BCUT2D eigenvalue weighted by molar-refractivity contribution is 4.94. The fourth-order valence-electron chi connectivity index (χ4n) is 2.06. The number of hydrogen-bond donors (Lipinski definition) is 2. The second kappa shape index (κ2) is 3.30. The molecule has 4 atom stereocenters. The van der Waals surface area contributed by atoms with E-state index in [9.17, 15) is 0 Å². The van der Waals surface area contributed by atoms with E-state index in [0.717, 1.165) is 13.2 Å². The van der Waals surface area contributed by atoms with E-state index in [1.807, 2.05) is 0 Å². The van der Waals surface area contributed by atoms with Gasteiger partial charge in [-0.25, -0.2) is 0 Å². The molecule has 0 radical (unpaired) electrons. The Hall–Kier alpha value is -0.160. The van der Waals surface area contributed by atoms with Crippen LogP contribution in [0.2, 0.25) is 0 Å². The van der Waals surface area contributed by atoms with Gasteiger partial charge in [-0.3, -0.25) is 0 Å². The zero-order valence-corrected chi connectivity index (χ0v) is 7.11. The van der Waals surface area contributed by atoms with Crippen molar-refractivity contribution in [2.75, 3.05) is 26.3 Å². The summed E-state index contributed by atoms with van der Waals surface area (Å²) in [6.07, 6.45) is 0.423. The van der Waals surface area contributed by atoms with Crippen LogP contribution in [0.3, 0.4) is 0 Å². The number of ether oxygens (including phenoxy) is 2. The van der Waals surface area contributed by atoms with E-state index in [2.05, 4.69) is 0 Å². The van der Waals surface area contributed by atoms with Crippen LogP contribution in [0.4, 0.5) is 0 Å². The number of fused-ring (bicyclic) bond motifs is 1. The molecule has 0 aromatic carbocycles. The normalized spacial score (nSPS) is 46.5. The SMILES string of the molecule is NCC1COC2C(CN)COC12. The third kappa shape index (κ3) is 1.15. The predicted octanol–water partition coefficient (Wildman–Crippen LogP) is -1.07. The van der Waals surface area contributed by atoms with Crippen LogP contribution in [-0.4, -0.2) is 38.5 Å². The maximum atomic E-state index is 5.60. The fourth-order valence-corrected chi connectivity index (χ4v) is 2.06. The Kier molecular flexibility index (Phi) is 2.32. The largest absolute Gasteiger partial charge is 0.375 e. The van der Waals surface area contributed by atoms with Crippen molar-refractivity contribution in [1.29, 1.82) is 0 Å². The molecule has 2 aliphatic heterocycles. The third-order valence-corrected chi connectivity index (χ3v) is 2.86. The average molecular weight is 172 g/mol. The molecular formula is C8H16N2O2. The minimum absolute atomic E-state index is 0.212. The minimum atomic E-state index is 0.212. The van der Waals surface area contributed by atoms with Crippen LogP contribution in [0.1, 0.15) is 0 Å². The van der Waals surface area contributed by atoms with Crippen molar-refractivity contribution in [2.24, 2.45) is 23.3 Å². The van der Waals surface area contributed by atoms with Crippen LogP contribution in [0.5, 0.6) is 0 Å². The van der Waals surface area contributed by atoms with Crippen LogP contribution in [-0.2, 0) is 9.47 Å². The first-order chi connectivity index (χ1) is 5.86. The Morgan fingerprint density at radius 3 is 1.67 bits per heavy atom. The summed E-state index contributed by atoms with van der Waals surface area (Å²) in [6.45, 7) is 2.78. The lowest BCUT2D eigenvalue weighted by Crippen LogP contribution is -2.32. The van der Waals surface area contributed by atoms with Crippen LogP contribution in [0, 0.1) is 11.8 Å². The van der Waals surface area contributed by atoms with Crippen molar-refractivity contribution >= 4 is 0 Å². The Balaban J connectivity index is 2.01. The van der Waals surface area contributed by atoms with Gasteiger partial charge in [0.05, 0.1) is 25.4 Å². The van der Waals surface area contributed by atoms with Crippen molar-refractivity contribution < 1.29 is 9.47 Å². The summed E-state index contributed by atoms with van der Waals surface area (Å²) in [7, 11) is 0. The molecule has 0 aliphatic carbocycles. The van der Waals surface area contributed by atoms with E-state index in [-0.39, 0.29) is 12.2 Å². The molecule has 4 N–H and O–H groups in total. The van der Waals surface area contributed by atoms with Gasteiger partial charge in [0.25, 0.3) is 0 Å². The van der Waals surface area contributed by atoms with Crippen molar-refractivity contribution in [3.63, 3.8) is 0 Å². The van der Waals surface area contributed by atoms with Gasteiger partial charge in [-0.2, -0.15) is 0 Å². The Morgan fingerprint density at radius 1 is 0.917 bits per heavy atom. The van der Waals surface area contributed by atoms with Gasteiger partial charge in [0.2, 0.25) is 0 Å². The first-order valence-corrected chi connectivity index (χ1v) is 4.50. The number of hydrogen-bond acceptors (Lipinski definition) is 4. The van der Waals surface area contributed by atoms with Gasteiger partial charge in [0.1, 0.15) is 0 Å². The minimum Gasteiger partial charge on any atom is -0.375 e. The van der Waals surface area contributed by atoms with Gasteiger partial charge in [-0.15, -0.1) is 0 Å². The second-order valence-electron chi connectivity index (χ2n) is 3.59.